The first-order chi connectivity index (χ1) is 9.35. The molecule has 0 radical (unpaired) electrons. The lowest BCUT2D eigenvalue weighted by Gasteiger charge is -2.14. The van der Waals surface area contributed by atoms with Gasteiger partial charge in [0.1, 0.15) is 6.07 Å². The third-order valence-corrected chi connectivity index (χ3v) is 3.16. The highest BCUT2D eigenvalue weighted by atomic mass is 79.9. The van der Waals surface area contributed by atoms with E-state index >= 15 is 0 Å². The van der Waals surface area contributed by atoms with Gasteiger partial charge in [-0.25, -0.2) is 0 Å². The van der Waals surface area contributed by atoms with Crippen molar-refractivity contribution >= 4 is 21.9 Å². The van der Waals surface area contributed by atoms with Crippen LogP contribution in [0.4, 0.5) is 13.2 Å². The Bertz CT molecular complexity index is 550. The Morgan fingerprint density at radius 2 is 2.10 bits per heavy atom. The molecule has 0 aliphatic rings. The third kappa shape index (κ3) is 3.73. The second-order valence-electron chi connectivity index (χ2n) is 3.85. The van der Waals surface area contributed by atoms with Crippen LogP contribution < -0.4 is 0 Å². The third-order valence-electron chi connectivity index (χ3n) is 2.60. The van der Waals surface area contributed by atoms with Crippen LogP contribution in [0.1, 0.15) is 29.2 Å². The molecule has 0 amide bonds. The Kier molecular flexibility index (Phi) is 5.57. The smallest absolute Gasteiger partial charge is 0.417 e. The van der Waals surface area contributed by atoms with E-state index < -0.39 is 23.3 Å². The molecule has 108 valence electrons. The molecule has 0 aliphatic heterocycles. The van der Waals surface area contributed by atoms with Crippen LogP contribution in [0.25, 0.3) is 0 Å². The van der Waals surface area contributed by atoms with Gasteiger partial charge in [-0.1, -0.05) is 22.0 Å². The lowest BCUT2D eigenvalue weighted by molar-refractivity contribution is -0.142. The molecule has 1 aromatic rings. The number of hydrogen-bond acceptors (Lipinski definition) is 3. The zero-order valence-corrected chi connectivity index (χ0v) is 12.1. The molecular weight excluding hydrogens is 339 g/mol. The average Bonchev–Trinajstić information content (AvgIpc) is 2.36. The molecule has 20 heavy (non-hydrogen) atoms. The molecule has 0 fully saturated rings. The van der Waals surface area contributed by atoms with Crippen molar-refractivity contribution in [3.63, 3.8) is 0 Å². The molecule has 1 rings (SSSR count). The Hall–Kier alpha value is -1.55. The lowest BCUT2D eigenvalue weighted by atomic mass is 9.95. The average molecular weight is 350 g/mol. The van der Waals surface area contributed by atoms with Gasteiger partial charge in [0.15, 0.2) is 0 Å². The maximum atomic E-state index is 12.8. The van der Waals surface area contributed by atoms with Gasteiger partial charge in [-0.15, -0.1) is 0 Å². The van der Waals surface area contributed by atoms with E-state index in [2.05, 4.69) is 15.9 Å². The van der Waals surface area contributed by atoms with E-state index in [4.69, 9.17) is 10.00 Å². The van der Waals surface area contributed by atoms with Gasteiger partial charge in [-0.3, -0.25) is 4.79 Å². The summed E-state index contributed by atoms with van der Waals surface area (Å²) >= 11 is 3.06. The van der Waals surface area contributed by atoms with Crippen LogP contribution in [0.5, 0.6) is 0 Å². The fraction of sp³-hybridized carbons (Fsp3) is 0.385. The second kappa shape index (κ2) is 6.75. The summed E-state index contributed by atoms with van der Waals surface area (Å²) in [5.74, 6) is -0.543. The van der Waals surface area contributed by atoms with Crippen LogP contribution >= 0.6 is 15.9 Å². The van der Waals surface area contributed by atoms with E-state index in [9.17, 15) is 18.0 Å². The molecule has 0 heterocycles. The summed E-state index contributed by atoms with van der Waals surface area (Å²) < 4.78 is 43.2. The van der Waals surface area contributed by atoms with Gasteiger partial charge in [0.2, 0.25) is 0 Å². The molecule has 0 saturated heterocycles. The first kappa shape index (κ1) is 16.5. The number of benzene rings is 1. The molecule has 3 nitrogen and oxygen atoms in total. The standard InChI is InChI=1S/C13H11BrF3NO2/c1-2-20-12(19)5-8-3-4-11(13(15,16)17)10(7-18)9(8)6-14/h3-4H,2,5-6H2,1H3. The summed E-state index contributed by atoms with van der Waals surface area (Å²) in [5, 5.41) is 9.02. The number of esters is 1. The Labute approximate surface area is 122 Å². The largest absolute Gasteiger partial charge is 0.466 e. The molecule has 0 N–H and O–H groups in total. The number of carbonyl (C=O) groups is 1. The van der Waals surface area contributed by atoms with E-state index in [1.807, 2.05) is 0 Å². The van der Waals surface area contributed by atoms with E-state index in [0.29, 0.717) is 5.56 Å². The van der Waals surface area contributed by atoms with Gasteiger partial charge in [0, 0.05) is 5.33 Å². The monoisotopic (exact) mass is 349 g/mol. The maximum absolute atomic E-state index is 12.8. The number of rotatable bonds is 4. The van der Waals surface area contributed by atoms with Gasteiger partial charge in [0.05, 0.1) is 24.2 Å². The van der Waals surface area contributed by atoms with Crippen LogP contribution in [0, 0.1) is 11.3 Å². The quantitative estimate of drug-likeness (QED) is 0.616. The molecular formula is C13H11BrF3NO2. The predicted octanol–water partition coefficient (Wildman–Crippen LogP) is 3.58. The van der Waals surface area contributed by atoms with E-state index in [0.717, 1.165) is 6.07 Å². The van der Waals surface area contributed by atoms with Crippen molar-refractivity contribution in [2.45, 2.75) is 24.9 Å². The van der Waals surface area contributed by atoms with Crippen LogP contribution in [0.15, 0.2) is 12.1 Å². The molecule has 1 aromatic carbocycles. The number of carbonyl (C=O) groups excluding carboxylic acids is 1. The normalized spacial score (nSPS) is 11.0. The number of nitrogens with zero attached hydrogens (tertiary/aromatic N) is 1. The van der Waals surface area contributed by atoms with Crippen molar-refractivity contribution in [1.29, 1.82) is 5.26 Å². The summed E-state index contributed by atoms with van der Waals surface area (Å²) in [5.41, 5.74) is -0.946. The SMILES string of the molecule is CCOC(=O)Cc1ccc(C(F)(F)F)c(C#N)c1CBr. The molecule has 0 saturated carbocycles. The van der Waals surface area contributed by atoms with Gasteiger partial charge in [0.25, 0.3) is 0 Å². The van der Waals surface area contributed by atoms with E-state index in [1.54, 1.807) is 13.0 Å². The van der Waals surface area contributed by atoms with Crippen molar-refractivity contribution < 1.29 is 22.7 Å². The van der Waals surface area contributed by atoms with E-state index in [1.165, 1.54) is 6.07 Å². The highest BCUT2D eigenvalue weighted by molar-refractivity contribution is 9.08. The minimum atomic E-state index is -4.61. The molecule has 0 unspecified atom stereocenters. The van der Waals surface area contributed by atoms with Crippen LogP contribution in [-0.4, -0.2) is 12.6 Å². The highest BCUT2D eigenvalue weighted by Gasteiger charge is 2.35. The Balaban J connectivity index is 3.30. The maximum Gasteiger partial charge on any atom is 0.417 e. The summed E-state index contributed by atoms with van der Waals surface area (Å²) in [6.07, 6.45) is -4.77. The number of halogens is 4. The van der Waals surface area contributed by atoms with Gasteiger partial charge in [-0.2, -0.15) is 18.4 Å². The molecule has 0 spiro atoms. The fourth-order valence-corrected chi connectivity index (χ4v) is 2.38. The van der Waals surface area contributed by atoms with E-state index in [-0.39, 0.29) is 23.9 Å². The van der Waals surface area contributed by atoms with Gasteiger partial charge < -0.3 is 4.74 Å². The Morgan fingerprint density at radius 1 is 1.45 bits per heavy atom. The first-order valence-electron chi connectivity index (χ1n) is 5.68. The zero-order valence-electron chi connectivity index (χ0n) is 10.6. The zero-order chi connectivity index (χ0) is 15.3. The van der Waals surface area contributed by atoms with Gasteiger partial charge >= 0.3 is 12.1 Å². The van der Waals surface area contributed by atoms with Crippen molar-refractivity contribution in [2.24, 2.45) is 0 Å². The minimum absolute atomic E-state index is 0.0502. The van der Waals surface area contributed by atoms with Crippen LogP contribution in [0.2, 0.25) is 0 Å². The summed E-state index contributed by atoms with van der Waals surface area (Å²) in [7, 11) is 0. The minimum Gasteiger partial charge on any atom is -0.466 e. The summed E-state index contributed by atoms with van der Waals surface area (Å²) in [6, 6.07) is 3.59. The van der Waals surface area contributed by atoms with Crippen LogP contribution in [0.3, 0.4) is 0 Å². The number of hydrogen-bond donors (Lipinski definition) is 0. The van der Waals surface area contributed by atoms with Gasteiger partial charge in [-0.05, 0) is 24.1 Å². The number of alkyl halides is 4. The summed E-state index contributed by atoms with van der Waals surface area (Å²) in [6.45, 7) is 1.82. The number of nitriles is 1. The summed E-state index contributed by atoms with van der Waals surface area (Å²) in [4.78, 5) is 11.4. The van der Waals surface area contributed by atoms with Crippen molar-refractivity contribution in [3.8, 4) is 6.07 Å². The van der Waals surface area contributed by atoms with Crippen molar-refractivity contribution in [1.82, 2.24) is 0 Å². The fourth-order valence-electron chi connectivity index (χ4n) is 1.74. The Morgan fingerprint density at radius 3 is 2.55 bits per heavy atom. The molecule has 0 atom stereocenters. The van der Waals surface area contributed by atoms with Crippen molar-refractivity contribution in [2.75, 3.05) is 6.61 Å². The second-order valence-corrected chi connectivity index (χ2v) is 4.41. The predicted molar refractivity (Wildman–Crippen MR) is 69.1 cm³/mol. The molecule has 0 aromatic heterocycles. The topological polar surface area (TPSA) is 50.1 Å². The van der Waals surface area contributed by atoms with Crippen LogP contribution in [-0.2, 0) is 27.5 Å². The molecule has 7 heteroatoms. The number of ether oxygens (including phenoxy) is 1. The van der Waals surface area contributed by atoms with Crippen molar-refractivity contribution in [3.05, 3.63) is 34.4 Å². The molecule has 0 aliphatic carbocycles. The highest BCUT2D eigenvalue weighted by Crippen LogP contribution is 2.35. The first-order valence-corrected chi connectivity index (χ1v) is 6.80. The lowest BCUT2D eigenvalue weighted by Crippen LogP contribution is -2.14. The molecule has 0 bridgehead atoms.